The number of amides is 7. The van der Waals surface area contributed by atoms with Gasteiger partial charge in [-0.15, -0.1) is 0 Å². The number of nitrogens with two attached hydrogens (primary N) is 1. The van der Waals surface area contributed by atoms with Crippen LogP contribution in [0.3, 0.4) is 0 Å². The second kappa shape index (κ2) is 27.4. The quantitative estimate of drug-likeness (QED) is 0.0959. The van der Waals surface area contributed by atoms with Gasteiger partial charge >= 0.3 is 12.1 Å². The predicted octanol–water partition coefficient (Wildman–Crippen LogP) is 8.23. The molecular weight excluding hydrogens is 1020 g/mol. The maximum atomic E-state index is 14.3. The van der Waals surface area contributed by atoms with E-state index in [2.05, 4.69) is 36.7 Å². The van der Waals surface area contributed by atoms with Crippen LogP contribution in [0, 0.1) is 28.6 Å². The topological polar surface area (TPSA) is 197 Å². The lowest BCUT2D eigenvalue weighted by atomic mass is 9.44. The number of hydrogen-bond donors (Lipinski definition) is 4. The van der Waals surface area contributed by atoms with Gasteiger partial charge in [0.25, 0.3) is 5.91 Å². The number of likely N-dealkylation sites (tertiary alicyclic amines) is 1. The van der Waals surface area contributed by atoms with Crippen molar-refractivity contribution in [3.05, 3.63) is 28.8 Å². The molecule has 4 saturated carbocycles. The fraction of sp³-hybridized carbons (Fsp3) is 0.759. The fourth-order valence-corrected chi connectivity index (χ4v) is 11.7. The lowest BCUT2D eigenvalue weighted by Gasteiger charge is -2.60. The molecule has 0 bridgehead atoms. The van der Waals surface area contributed by atoms with E-state index in [9.17, 15) is 51.1 Å². The Morgan fingerprint density at radius 1 is 0.907 bits per heavy atom. The molecule has 0 aromatic heterocycles. The Kier molecular flexibility index (Phi) is 23.2. The van der Waals surface area contributed by atoms with E-state index in [0.717, 1.165) is 67.7 Å². The van der Waals surface area contributed by atoms with Crippen LogP contribution in [0.1, 0.15) is 149 Å². The third-order valence-electron chi connectivity index (χ3n) is 15.6. The first kappa shape index (κ1) is 63.4. The molecule has 4 atom stereocenters. The highest BCUT2D eigenvalue weighted by Crippen LogP contribution is 2.69. The van der Waals surface area contributed by atoms with E-state index in [1.165, 1.54) is 17.7 Å². The summed E-state index contributed by atoms with van der Waals surface area (Å²) in [5, 5.41) is 9.07. The molecule has 3 unspecified atom stereocenters. The number of benzene rings is 1. The number of nitrogens with one attached hydrogen (secondary N) is 3. The number of primary amides is 1. The van der Waals surface area contributed by atoms with Gasteiger partial charge in [-0.05, 0) is 139 Å². The van der Waals surface area contributed by atoms with Crippen LogP contribution in [0.4, 0.5) is 17.6 Å². The first-order valence-corrected chi connectivity index (χ1v) is 28.3. The molecule has 21 heteroatoms. The zero-order valence-corrected chi connectivity index (χ0v) is 47.3. The number of alkyl halides is 4. The van der Waals surface area contributed by atoms with Crippen molar-refractivity contribution >= 4 is 64.9 Å². The smallest absolute Gasteiger partial charge is 0.403 e. The van der Waals surface area contributed by atoms with E-state index >= 15 is 0 Å². The van der Waals surface area contributed by atoms with Crippen LogP contribution < -0.4 is 26.4 Å². The maximum absolute atomic E-state index is 14.3. The summed E-state index contributed by atoms with van der Waals surface area (Å²) in [6.45, 7) is 10.5. The average Bonchev–Trinajstić information content (AvgIpc) is 3.72. The third-order valence-corrected chi connectivity index (χ3v) is 17.1. The zero-order chi connectivity index (χ0) is 56.1. The molecule has 7 rings (SSSR count). The van der Waals surface area contributed by atoms with Crippen molar-refractivity contribution in [3.63, 3.8) is 0 Å². The molecule has 2 aliphatic heterocycles. The Morgan fingerprint density at radius 2 is 1.52 bits per heavy atom. The molecule has 2 heterocycles. The Balaban J connectivity index is 0.000000370. The summed E-state index contributed by atoms with van der Waals surface area (Å²) in [5.74, 6) is -1.17. The predicted molar refractivity (Wildman–Crippen MR) is 283 cm³/mol. The maximum Gasteiger partial charge on any atom is 0.403 e. The van der Waals surface area contributed by atoms with Gasteiger partial charge in [0.05, 0.1) is 32.8 Å². The van der Waals surface area contributed by atoms with Crippen molar-refractivity contribution in [3.8, 4) is 5.75 Å². The van der Waals surface area contributed by atoms with Gasteiger partial charge in [0.1, 0.15) is 35.3 Å². The lowest BCUT2D eigenvalue weighted by Crippen LogP contribution is -2.65. The van der Waals surface area contributed by atoms with Gasteiger partial charge in [-0.3, -0.25) is 33.2 Å². The van der Waals surface area contributed by atoms with Crippen LogP contribution >= 0.6 is 23.5 Å². The molecule has 5 N–H and O–H groups in total. The van der Waals surface area contributed by atoms with E-state index in [0.29, 0.717) is 87.0 Å². The highest BCUT2D eigenvalue weighted by Gasteiger charge is 2.73. The first-order chi connectivity index (χ1) is 35.2. The molecule has 1 aromatic rings. The molecule has 0 radical (unpaired) electrons. The number of quaternary nitrogens is 1. The molecule has 6 aliphatic rings. The molecule has 75 heavy (non-hydrogen) atoms. The van der Waals surface area contributed by atoms with Crippen LogP contribution in [0.5, 0.6) is 5.75 Å². The largest absolute Gasteiger partial charge is 0.493 e. The zero-order valence-electron chi connectivity index (χ0n) is 45.7. The molecular formula is C54H85ClF4N7O8S+. The van der Waals surface area contributed by atoms with Crippen LogP contribution in [0.2, 0.25) is 5.02 Å². The number of carbonyl (C=O) groups excluding carboxylic acids is 7. The monoisotopic (exact) mass is 1100 g/mol. The second-order valence-electron chi connectivity index (χ2n) is 22.8. The number of nitrogens with zero attached hydrogens (tertiary/aromatic N) is 3. The summed E-state index contributed by atoms with van der Waals surface area (Å²) in [6.07, 6.45) is 8.96. The van der Waals surface area contributed by atoms with Gasteiger partial charge in [-0.25, -0.2) is 4.79 Å². The minimum absolute atomic E-state index is 0.0855. The first-order valence-electron chi connectivity index (χ1n) is 26.7. The van der Waals surface area contributed by atoms with Crippen molar-refractivity contribution in [1.82, 2.24) is 25.8 Å². The number of likely N-dealkylation sites (N-methyl/N-ethyl adjacent to an activating group) is 2. The van der Waals surface area contributed by atoms with Gasteiger partial charge in [-0.1, -0.05) is 51.6 Å². The Morgan fingerprint density at radius 3 is 2.07 bits per heavy atom. The molecule has 6 fully saturated rings. The van der Waals surface area contributed by atoms with Crippen LogP contribution in [0.15, 0.2) is 18.2 Å². The van der Waals surface area contributed by atoms with Crippen molar-refractivity contribution in [2.45, 2.75) is 180 Å². The van der Waals surface area contributed by atoms with Gasteiger partial charge in [0, 0.05) is 49.8 Å². The van der Waals surface area contributed by atoms with Gasteiger partial charge in [-0.2, -0.15) is 17.1 Å². The van der Waals surface area contributed by atoms with Crippen molar-refractivity contribution < 1.29 is 59.7 Å². The SMILES string of the molecule is CC(C)C.CF.CS[N+]1(C)C(=O)CNC(=O)C(N(C)C(=O)CC2CC2)CCCCNC(=O)C(C)(C)NC(=O)[C@@H]1Cc1cc(Cl)ccc1OCC1CCCC1.NC(=O)C1CCCN1C(=O)C1(C(F)(F)F)CC2(CCC2)C1. The Labute approximate surface area is 451 Å². The highest BCUT2D eigenvalue weighted by atomic mass is 35.5. The second-order valence-corrected chi connectivity index (χ2v) is 24.4. The number of rotatable bonds is 11. The van der Waals surface area contributed by atoms with Crippen LogP contribution in [-0.4, -0.2) is 139 Å². The molecule has 1 aromatic carbocycles. The lowest BCUT2D eigenvalue weighted by molar-refractivity contribution is -0.712. The molecule has 15 nitrogen and oxygen atoms in total. The number of hydrogen-bond acceptors (Lipinski definition) is 9. The summed E-state index contributed by atoms with van der Waals surface area (Å²) in [5.41, 5.74) is 2.04. The molecule has 1 spiro atoms. The average molecular weight is 1100 g/mol. The molecule has 2 saturated heterocycles. The number of carbonyl (C=O) groups is 7. The van der Waals surface area contributed by atoms with Crippen LogP contribution in [0.25, 0.3) is 0 Å². The summed E-state index contributed by atoms with van der Waals surface area (Å²) in [4.78, 5) is 94.7. The van der Waals surface area contributed by atoms with Gasteiger partial charge in [0.15, 0.2) is 6.04 Å². The van der Waals surface area contributed by atoms with Crippen molar-refractivity contribution in [1.29, 1.82) is 0 Å². The fourth-order valence-electron chi connectivity index (χ4n) is 10.8. The van der Waals surface area contributed by atoms with Crippen molar-refractivity contribution in [2.75, 3.05) is 53.8 Å². The Bertz CT molecular complexity index is 2140. The Hall–Kier alpha value is -4.17. The molecule has 4 aliphatic carbocycles. The standard InChI is InChI=1S/C35H52ClN5O6S.C14H19F3N2O2.C4H10.CH3F/c1-35(2)34(46)37-17-9-8-12-27(40(3)30(42)18-23-13-14-23)32(44)38-21-31(43)41(4,48-5)28(33(45)39-35)20-25-19-26(36)15-16-29(25)47-22-24-10-6-7-11-24;15-14(16,17)13(7-12(8-13)4-2-5-12)11(21)19-6-1-3-9(19)10(18)20;1-4(2)3;1-2/h15-16,19,23-24,27-28H,6-14,17-18,20-22H2,1-5H3,(H2-,37,38,39,44,45,46);9H,1-8H2,(H2,18,20);4H,1-3H3;1H3/p+1/t27?,28-,41?;;;/m0.../s1. The number of halogens is 5. The molecule has 7 amide bonds. The minimum atomic E-state index is -4.56. The summed E-state index contributed by atoms with van der Waals surface area (Å²) in [6, 6.07) is 2.64. The van der Waals surface area contributed by atoms with Gasteiger partial charge < -0.3 is 36.2 Å². The number of ether oxygens (including phenoxy) is 1. The normalized spacial score (nSPS) is 25.8. The summed E-state index contributed by atoms with van der Waals surface area (Å²) < 4.78 is 55.9. The van der Waals surface area contributed by atoms with E-state index in [-0.39, 0.29) is 49.6 Å². The summed E-state index contributed by atoms with van der Waals surface area (Å²) in [7, 11) is 3.78. The van der Waals surface area contributed by atoms with E-state index in [1.807, 2.05) is 0 Å². The minimum Gasteiger partial charge on any atom is -0.493 e. The van der Waals surface area contributed by atoms with Crippen LogP contribution in [-0.2, 0) is 40.0 Å². The molecule has 424 valence electrons. The van der Waals surface area contributed by atoms with E-state index in [1.54, 1.807) is 52.4 Å². The van der Waals surface area contributed by atoms with E-state index in [4.69, 9.17) is 22.1 Å². The summed E-state index contributed by atoms with van der Waals surface area (Å²) >= 11 is 7.61. The van der Waals surface area contributed by atoms with E-state index < -0.39 is 68.7 Å². The highest BCUT2D eigenvalue weighted by molar-refractivity contribution is 7.93. The van der Waals surface area contributed by atoms with Crippen molar-refractivity contribution in [2.24, 2.45) is 34.3 Å². The third kappa shape index (κ3) is 16.4. The van der Waals surface area contributed by atoms with Gasteiger partial charge in [0.2, 0.25) is 29.5 Å².